The minimum absolute atomic E-state index is 0. The maximum absolute atomic E-state index is 12.7. The van der Waals surface area contributed by atoms with Gasteiger partial charge in [0.15, 0.2) is 5.82 Å². The third-order valence-corrected chi connectivity index (χ3v) is 6.03. The number of halogens is 1. The van der Waals surface area contributed by atoms with Crippen LogP contribution >= 0.6 is 12.4 Å². The normalized spacial score (nSPS) is 18.1. The SMILES string of the molecule is CNC(C)Cc1noc(C2CC(=O)N(c3ccc4c(c3)Cc3ccccc3-4)C2)n1.Cl. The Morgan fingerprint density at radius 1 is 1.20 bits per heavy atom. The van der Waals surface area contributed by atoms with E-state index in [1.54, 1.807) is 0 Å². The third kappa shape index (κ3) is 3.61. The molecule has 1 amide bonds. The number of aromatic nitrogens is 2. The first-order chi connectivity index (χ1) is 14.1. The molecule has 0 bridgehead atoms. The van der Waals surface area contributed by atoms with Crippen molar-refractivity contribution >= 4 is 24.0 Å². The third-order valence-electron chi connectivity index (χ3n) is 6.03. The first-order valence-electron chi connectivity index (χ1n) is 10.1. The maximum atomic E-state index is 12.7. The summed E-state index contributed by atoms with van der Waals surface area (Å²) in [5.41, 5.74) is 6.15. The van der Waals surface area contributed by atoms with Gasteiger partial charge in [0.2, 0.25) is 11.8 Å². The molecule has 2 atom stereocenters. The van der Waals surface area contributed by atoms with Gasteiger partial charge >= 0.3 is 0 Å². The number of nitrogens with zero attached hydrogens (tertiary/aromatic N) is 3. The molecule has 0 spiro atoms. The Morgan fingerprint density at radius 3 is 2.83 bits per heavy atom. The van der Waals surface area contributed by atoms with Crippen molar-refractivity contribution in [2.75, 3.05) is 18.5 Å². The van der Waals surface area contributed by atoms with Crippen LogP contribution in [0.3, 0.4) is 0 Å². The van der Waals surface area contributed by atoms with E-state index in [1.165, 1.54) is 22.3 Å². The number of hydrogen-bond acceptors (Lipinski definition) is 5. The van der Waals surface area contributed by atoms with Crippen molar-refractivity contribution in [1.82, 2.24) is 15.5 Å². The van der Waals surface area contributed by atoms with Gasteiger partial charge in [0.25, 0.3) is 0 Å². The largest absolute Gasteiger partial charge is 0.339 e. The van der Waals surface area contributed by atoms with Gasteiger partial charge in [0.05, 0.1) is 5.92 Å². The first kappa shape index (κ1) is 20.6. The lowest BCUT2D eigenvalue weighted by Crippen LogP contribution is -2.24. The number of rotatable bonds is 5. The number of carbonyl (C=O) groups is 1. The molecule has 2 aromatic carbocycles. The van der Waals surface area contributed by atoms with Gasteiger partial charge in [-0.2, -0.15) is 4.98 Å². The van der Waals surface area contributed by atoms with Crippen molar-refractivity contribution < 1.29 is 9.32 Å². The first-order valence-corrected chi connectivity index (χ1v) is 10.1. The molecule has 2 unspecified atom stereocenters. The van der Waals surface area contributed by atoms with E-state index in [0.29, 0.717) is 31.1 Å². The van der Waals surface area contributed by atoms with Crippen molar-refractivity contribution in [3.63, 3.8) is 0 Å². The topological polar surface area (TPSA) is 71.3 Å². The second-order valence-electron chi connectivity index (χ2n) is 8.02. The maximum Gasteiger partial charge on any atom is 0.232 e. The van der Waals surface area contributed by atoms with Crippen LogP contribution in [0.25, 0.3) is 11.1 Å². The number of anilines is 1. The monoisotopic (exact) mass is 424 g/mol. The minimum Gasteiger partial charge on any atom is -0.339 e. The van der Waals surface area contributed by atoms with E-state index in [1.807, 2.05) is 11.9 Å². The van der Waals surface area contributed by atoms with Crippen LogP contribution in [-0.2, 0) is 17.6 Å². The van der Waals surface area contributed by atoms with Crippen LogP contribution in [0.2, 0.25) is 0 Å². The number of amides is 1. The van der Waals surface area contributed by atoms with E-state index in [0.717, 1.165) is 12.1 Å². The summed E-state index contributed by atoms with van der Waals surface area (Å²) in [5.74, 6) is 1.30. The summed E-state index contributed by atoms with van der Waals surface area (Å²) in [6, 6.07) is 15.1. The van der Waals surface area contributed by atoms with E-state index >= 15 is 0 Å². The number of nitrogens with one attached hydrogen (secondary N) is 1. The average molecular weight is 425 g/mol. The highest BCUT2D eigenvalue weighted by Gasteiger charge is 2.35. The molecule has 2 heterocycles. The predicted octanol–water partition coefficient (Wildman–Crippen LogP) is 3.73. The molecule has 30 heavy (non-hydrogen) atoms. The van der Waals surface area contributed by atoms with Crippen molar-refractivity contribution in [1.29, 1.82) is 0 Å². The van der Waals surface area contributed by atoms with Crippen LogP contribution in [0.5, 0.6) is 0 Å². The molecule has 6 nitrogen and oxygen atoms in total. The zero-order valence-electron chi connectivity index (χ0n) is 17.1. The summed E-state index contributed by atoms with van der Waals surface area (Å²) < 4.78 is 5.48. The molecule has 1 aliphatic carbocycles. The van der Waals surface area contributed by atoms with E-state index in [9.17, 15) is 4.79 Å². The summed E-state index contributed by atoms with van der Waals surface area (Å²) in [6.07, 6.45) is 2.03. The predicted molar refractivity (Wildman–Crippen MR) is 118 cm³/mol. The van der Waals surface area contributed by atoms with Crippen LogP contribution in [0, 0.1) is 0 Å². The summed E-state index contributed by atoms with van der Waals surface area (Å²) in [7, 11) is 1.91. The fourth-order valence-electron chi connectivity index (χ4n) is 4.31. The molecule has 0 radical (unpaired) electrons. The van der Waals surface area contributed by atoms with E-state index in [4.69, 9.17) is 4.52 Å². The van der Waals surface area contributed by atoms with Crippen LogP contribution in [-0.4, -0.2) is 35.7 Å². The van der Waals surface area contributed by atoms with Gasteiger partial charge in [-0.3, -0.25) is 4.79 Å². The van der Waals surface area contributed by atoms with Crippen molar-refractivity contribution in [2.45, 2.75) is 38.1 Å². The molecule has 1 fully saturated rings. The van der Waals surface area contributed by atoms with Crippen LogP contribution in [0.4, 0.5) is 5.69 Å². The Bertz CT molecular complexity index is 1080. The fraction of sp³-hybridized carbons (Fsp3) is 0.348. The Morgan fingerprint density at radius 2 is 2.00 bits per heavy atom. The van der Waals surface area contributed by atoms with Gasteiger partial charge in [-0.05, 0) is 54.8 Å². The van der Waals surface area contributed by atoms with Crippen LogP contribution in [0.1, 0.15) is 42.1 Å². The molecule has 5 rings (SSSR count). The highest BCUT2D eigenvalue weighted by molar-refractivity contribution is 5.97. The molecule has 156 valence electrons. The highest BCUT2D eigenvalue weighted by Crippen LogP contribution is 2.39. The zero-order valence-corrected chi connectivity index (χ0v) is 17.9. The van der Waals surface area contributed by atoms with Gasteiger partial charge in [-0.1, -0.05) is 35.5 Å². The van der Waals surface area contributed by atoms with Crippen LogP contribution < -0.4 is 10.2 Å². The summed E-state index contributed by atoms with van der Waals surface area (Å²) in [4.78, 5) is 19.1. The molecule has 1 N–H and O–H groups in total. The van der Waals surface area contributed by atoms with Gasteiger partial charge in [-0.25, -0.2) is 0 Å². The molecule has 7 heteroatoms. The van der Waals surface area contributed by atoms with Crippen molar-refractivity contribution in [3.05, 3.63) is 65.3 Å². The quantitative estimate of drug-likeness (QED) is 0.528. The smallest absolute Gasteiger partial charge is 0.232 e. The molecule has 3 aromatic rings. The second kappa shape index (κ2) is 8.20. The Balaban J connectivity index is 0.00000218. The van der Waals surface area contributed by atoms with E-state index in [2.05, 4.69) is 64.8 Å². The average Bonchev–Trinajstić information content (AvgIpc) is 3.43. The number of fused-ring (bicyclic) bond motifs is 3. The number of likely N-dealkylation sites (N-methyl/N-ethyl adjacent to an activating group) is 1. The molecular weight excluding hydrogens is 400 g/mol. The van der Waals surface area contributed by atoms with Gasteiger partial charge < -0.3 is 14.7 Å². The number of carbonyl (C=O) groups excluding carboxylic acids is 1. The summed E-state index contributed by atoms with van der Waals surface area (Å²) in [5, 5.41) is 7.26. The Labute approximate surface area is 182 Å². The molecular formula is C23H25ClN4O2. The molecule has 1 aliphatic heterocycles. The minimum atomic E-state index is -0.0564. The van der Waals surface area contributed by atoms with Crippen molar-refractivity contribution in [3.8, 4) is 11.1 Å². The van der Waals surface area contributed by atoms with Gasteiger partial charge in [-0.15, -0.1) is 12.4 Å². The number of hydrogen-bond donors (Lipinski definition) is 1. The molecule has 1 aromatic heterocycles. The number of benzene rings is 2. The van der Waals surface area contributed by atoms with Gasteiger partial charge in [0.1, 0.15) is 0 Å². The molecule has 2 aliphatic rings. The lowest BCUT2D eigenvalue weighted by atomic mass is 10.1. The standard InChI is InChI=1S/C23H24N4O2.ClH/c1-14(24-2)9-21-25-23(29-26-21)17-12-22(28)27(13-17)18-7-8-20-16(11-18)10-15-5-3-4-6-19(15)20;/h3-8,11,14,17,24H,9-10,12-13H2,1-2H3;1H. The van der Waals surface area contributed by atoms with Crippen molar-refractivity contribution in [2.24, 2.45) is 0 Å². The van der Waals surface area contributed by atoms with E-state index in [-0.39, 0.29) is 30.3 Å². The lowest BCUT2D eigenvalue weighted by molar-refractivity contribution is -0.117. The second-order valence-corrected chi connectivity index (χ2v) is 8.02. The summed E-state index contributed by atoms with van der Waals surface area (Å²) in [6.45, 7) is 2.65. The Hall–Kier alpha value is -2.70. The lowest BCUT2D eigenvalue weighted by Gasteiger charge is -2.17. The molecule has 0 saturated carbocycles. The van der Waals surface area contributed by atoms with Gasteiger partial charge in [0, 0.05) is 31.1 Å². The van der Waals surface area contributed by atoms with Crippen LogP contribution in [0.15, 0.2) is 47.0 Å². The fourth-order valence-corrected chi connectivity index (χ4v) is 4.31. The molecule has 1 saturated heterocycles. The Kier molecular flexibility index (Phi) is 5.62. The summed E-state index contributed by atoms with van der Waals surface area (Å²) >= 11 is 0. The van der Waals surface area contributed by atoms with E-state index < -0.39 is 0 Å². The highest BCUT2D eigenvalue weighted by atomic mass is 35.5. The zero-order chi connectivity index (χ0) is 20.0.